The van der Waals surface area contributed by atoms with Crippen LogP contribution in [0.15, 0.2) is 24.3 Å². The molecule has 0 spiro atoms. The highest BCUT2D eigenvalue weighted by Crippen LogP contribution is 2.35. The lowest BCUT2D eigenvalue weighted by Crippen LogP contribution is -2.41. The monoisotopic (exact) mass is 277 g/mol. The second-order valence-electron chi connectivity index (χ2n) is 5.97. The molecule has 0 aliphatic heterocycles. The fraction of sp³-hybridized carbons (Fsp3) is 0.647. The highest BCUT2D eigenvalue weighted by Gasteiger charge is 2.32. The molecule has 0 saturated heterocycles. The van der Waals surface area contributed by atoms with Gasteiger partial charge in [0.15, 0.2) is 0 Å². The molecule has 0 radical (unpaired) electrons. The number of methoxy groups -OCH3 is 1. The number of aliphatic hydroxyl groups excluding tert-OH is 1. The average Bonchev–Trinajstić information content (AvgIpc) is 3.30. The molecule has 1 aliphatic carbocycles. The van der Waals surface area contributed by atoms with Gasteiger partial charge < -0.3 is 15.2 Å². The Labute approximate surface area is 122 Å². The van der Waals surface area contributed by atoms with Crippen LogP contribution in [0.3, 0.4) is 0 Å². The first kappa shape index (κ1) is 15.3. The molecule has 1 aromatic carbocycles. The van der Waals surface area contributed by atoms with Gasteiger partial charge in [0.1, 0.15) is 5.75 Å². The van der Waals surface area contributed by atoms with Crippen LogP contribution in [0.2, 0.25) is 0 Å². The first-order chi connectivity index (χ1) is 9.65. The van der Waals surface area contributed by atoms with Crippen molar-refractivity contribution in [3.63, 3.8) is 0 Å². The number of hydrogen-bond acceptors (Lipinski definition) is 3. The summed E-state index contributed by atoms with van der Waals surface area (Å²) in [5, 5.41) is 12.9. The quantitative estimate of drug-likeness (QED) is 0.767. The maximum Gasteiger partial charge on any atom is 0.118 e. The Kier molecular flexibility index (Phi) is 5.44. The molecule has 0 aromatic heterocycles. The molecule has 1 saturated carbocycles. The average molecular weight is 277 g/mol. The standard InChI is InChI=1S/C17H27NO2/c1-12(14-6-8-16(20-3)9-7-14)13(2)18-17(10-11-19)15-4-5-15/h6-9,12-13,15,17-19H,4-5,10-11H2,1-3H3. The van der Waals surface area contributed by atoms with Crippen LogP contribution in [-0.4, -0.2) is 30.9 Å². The van der Waals surface area contributed by atoms with Crippen LogP contribution in [0.25, 0.3) is 0 Å². The maximum absolute atomic E-state index is 9.19. The van der Waals surface area contributed by atoms with Crippen molar-refractivity contribution < 1.29 is 9.84 Å². The predicted octanol–water partition coefficient (Wildman–Crippen LogP) is 2.94. The van der Waals surface area contributed by atoms with Gasteiger partial charge in [-0.25, -0.2) is 0 Å². The van der Waals surface area contributed by atoms with E-state index in [2.05, 4.69) is 31.3 Å². The van der Waals surface area contributed by atoms with E-state index in [4.69, 9.17) is 4.74 Å². The van der Waals surface area contributed by atoms with Gasteiger partial charge in [-0.3, -0.25) is 0 Å². The Bertz CT molecular complexity index is 400. The SMILES string of the molecule is COc1ccc(C(C)C(C)NC(CCO)C2CC2)cc1. The third kappa shape index (κ3) is 3.97. The Morgan fingerprint density at radius 1 is 1.25 bits per heavy atom. The molecule has 2 N–H and O–H groups in total. The predicted molar refractivity (Wildman–Crippen MR) is 82.2 cm³/mol. The van der Waals surface area contributed by atoms with Crippen molar-refractivity contribution in [2.75, 3.05) is 13.7 Å². The minimum Gasteiger partial charge on any atom is -0.497 e. The summed E-state index contributed by atoms with van der Waals surface area (Å²) in [6.07, 6.45) is 3.48. The summed E-state index contributed by atoms with van der Waals surface area (Å²) in [5.41, 5.74) is 1.32. The molecule has 0 bridgehead atoms. The molecule has 3 unspecified atom stereocenters. The molecule has 2 rings (SSSR count). The Morgan fingerprint density at radius 3 is 2.40 bits per heavy atom. The lowest BCUT2D eigenvalue weighted by molar-refractivity contribution is 0.246. The largest absolute Gasteiger partial charge is 0.497 e. The van der Waals surface area contributed by atoms with Gasteiger partial charge in [-0.2, -0.15) is 0 Å². The fourth-order valence-corrected chi connectivity index (χ4v) is 2.77. The van der Waals surface area contributed by atoms with Crippen molar-refractivity contribution in [3.05, 3.63) is 29.8 Å². The van der Waals surface area contributed by atoms with Crippen LogP contribution in [0.1, 0.15) is 44.6 Å². The van der Waals surface area contributed by atoms with Gasteiger partial charge in [-0.05, 0) is 55.7 Å². The van der Waals surface area contributed by atoms with E-state index in [-0.39, 0.29) is 6.61 Å². The number of hydrogen-bond donors (Lipinski definition) is 2. The summed E-state index contributed by atoms with van der Waals surface area (Å²) in [6, 6.07) is 9.19. The molecule has 0 amide bonds. The summed E-state index contributed by atoms with van der Waals surface area (Å²) in [7, 11) is 1.69. The third-order valence-corrected chi connectivity index (χ3v) is 4.50. The summed E-state index contributed by atoms with van der Waals surface area (Å²) in [4.78, 5) is 0. The van der Waals surface area contributed by atoms with Crippen LogP contribution in [0.5, 0.6) is 5.75 Å². The summed E-state index contributed by atoms with van der Waals surface area (Å²) in [5.74, 6) is 2.12. The van der Waals surface area contributed by atoms with Crippen LogP contribution < -0.4 is 10.1 Å². The molecule has 0 heterocycles. The van der Waals surface area contributed by atoms with Gasteiger partial charge in [0.2, 0.25) is 0 Å². The number of ether oxygens (including phenoxy) is 1. The van der Waals surface area contributed by atoms with E-state index in [0.717, 1.165) is 18.1 Å². The lowest BCUT2D eigenvalue weighted by atomic mass is 9.93. The summed E-state index contributed by atoms with van der Waals surface area (Å²) >= 11 is 0. The molecule has 3 heteroatoms. The van der Waals surface area contributed by atoms with Gasteiger partial charge in [0.05, 0.1) is 7.11 Å². The molecular weight excluding hydrogens is 250 g/mol. The van der Waals surface area contributed by atoms with Crippen LogP contribution >= 0.6 is 0 Å². The van der Waals surface area contributed by atoms with Crippen LogP contribution in [0, 0.1) is 5.92 Å². The highest BCUT2D eigenvalue weighted by atomic mass is 16.5. The molecule has 1 aliphatic rings. The molecule has 3 atom stereocenters. The zero-order chi connectivity index (χ0) is 14.5. The van der Waals surface area contributed by atoms with Crippen molar-refractivity contribution in [3.8, 4) is 5.75 Å². The topological polar surface area (TPSA) is 41.5 Å². The Hall–Kier alpha value is -1.06. The molecule has 112 valence electrons. The lowest BCUT2D eigenvalue weighted by Gasteiger charge is -2.27. The van der Waals surface area contributed by atoms with Gasteiger partial charge >= 0.3 is 0 Å². The Balaban J connectivity index is 1.93. The van der Waals surface area contributed by atoms with Crippen molar-refractivity contribution in [2.24, 2.45) is 5.92 Å². The number of benzene rings is 1. The number of aliphatic hydroxyl groups is 1. The number of nitrogens with one attached hydrogen (secondary N) is 1. The molecule has 20 heavy (non-hydrogen) atoms. The third-order valence-electron chi connectivity index (χ3n) is 4.50. The van der Waals surface area contributed by atoms with Gasteiger partial charge in [-0.15, -0.1) is 0 Å². The molecule has 1 fully saturated rings. The zero-order valence-corrected chi connectivity index (χ0v) is 12.8. The maximum atomic E-state index is 9.19. The minimum absolute atomic E-state index is 0.276. The number of rotatable bonds is 8. The summed E-state index contributed by atoms with van der Waals surface area (Å²) < 4.78 is 5.20. The van der Waals surface area contributed by atoms with E-state index >= 15 is 0 Å². The van der Waals surface area contributed by atoms with E-state index < -0.39 is 0 Å². The summed E-state index contributed by atoms with van der Waals surface area (Å²) in [6.45, 7) is 4.77. The fourth-order valence-electron chi connectivity index (χ4n) is 2.77. The van der Waals surface area contributed by atoms with E-state index in [1.54, 1.807) is 7.11 Å². The van der Waals surface area contributed by atoms with Gasteiger partial charge in [0.25, 0.3) is 0 Å². The van der Waals surface area contributed by atoms with Crippen molar-refractivity contribution >= 4 is 0 Å². The minimum atomic E-state index is 0.276. The first-order valence-corrected chi connectivity index (χ1v) is 7.66. The highest BCUT2D eigenvalue weighted by molar-refractivity contribution is 5.29. The van der Waals surface area contributed by atoms with E-state index in [0.29, 0.717) is 18.0 Å². The Morgan fingerprint density at radius 2 is 1.90 bits per heavy atom. The van der Waals surface area contributed by atoms with Gasteiger partial charge in [0, 0.05) is 18.7 Å². The smallest absolute Gasteiger partial charge is 0.118 e. The van der Waals surface area contributed by atoms with Crippen molar-refractivity contribution in [2.45, 2.75) is 51.1 Å². The van der Waals surface area contributed by atoms with Crippen molar-refractivity contribution in [1.29, 1.82) is 0 Å². The first-order valence-electron chi connectivity index (χ1n) is 7.66. The van der Waals surface area contributed by atoms with E-state index in [1.807, 2.05) is 12.1 Å². The normalized spacial score (nSPS) is 19.4. The molecule has 3 nitrogen and oxygen atoms in total. The van der Waals surface area contributed by atoms with E-state index in [9.17, 15) is 5.11 Å². The van der Waals surface area contributed by atoms with Crippen LogP contribution in [-0.2, 0) is 0 Å². The second kappa shape index (κ2) is 7.09. The zero-order valence-electron chi connectivity index (χ0n) is 12.8. The van der Waals surface area contributed by atoms with Crippen LogP contribution in [0.4, 0.5) is 0 Å². The van der Waals surface area contributed by atoms with E-state index in [1.165, 1.54) is 18.4 Å². The van der Waals surface area contributed by atoms with Gasteiger partial charge in [-0.1, -0.05) is 19.1 Å². The second-order valence-corrected chi connectivity index (χ2v) is 5.97. The van der Waals surface area contributed by atoms with Crippen molar-refractivity contribution in [1.82, 2.24) is 5.32 Å². The molecule has 1 aromatic rings. The molecular formula is C17H27NO2.